The van der Waals surface area contributed by atoms with E-state index in [1.54, 1.807) is 32.0 Å². The minimum absolute atomic E-state index is 0.0302. The molecule has 3 aliphatic rings. The Kier molecular flexibility index (Phi) is 11.2. The zero-order valence-electron chi connectivity index (χ0n) is 30.1. The van der Waals surface area contributed by atoms with Crippen molar-refractivity contribution in [3.8, 4) is 0 Å². The van der Waals surface area contributed by atoms with Crippen LogP contribution in [0.15, 0.2) is 47.8 Å². The third-order valence-electron chi connectivity index (χ3n) is 9.25. The van der Waals surface area contributed by atoms with Gasteiger partial charge in [0.25, 0.3) is 5.56 Å². The van der Waals surface area contributed by atoms with Gasteiger partial charge in [-0.1, -0.05) is 44.3 Å². The maximum atomic E-state index is 14.2. The smallest absolute Gasteiger partial charge is 0.386 e. The molecule has 0 radical (unpaired) electrons. The molecule has 5 aromatic rings. The number of carbonyl (C=O) groups excluding carboxylic acids is 2. The second-order valence-corrected chi connectivity index (χ2v) is 19.5. The molecule has 3 fully saturated rings. The van der Waals surface area contributed by atoms with E-state index in [1.165, 1.54) is 33.9 Å². The Hall–Kier alpha value is -3.90. The number of nitrogens with two attached hydrogens (primary N) is 1. The number of thiol groups is 1. The molecule has 7 heterocycles. The summed E-state index contributed by atoms with van der Waals surface area (Å²) >= 11 is 15.8. The molecule has 3 saturated heterocycles. The number of imidazole rings is 2. The minimum Gasteiger partial charge on any atom is -0.453 e. The first-order valence-corrected chi connectivity index (χ1v) is 23.0. The van der Waals surface area contributed by atoms with E-state index in [2.05, 4.69) is 47.5 Å². The van der Waals surface area contributed by atoms with Crippen molar-refractivity contribution >= 4 is 95.1 Å². The molecule has 27 heteroatoms. The van der Waals surface area contributed by atoms with Crippen LogP contribution in [-0.4, -0.2) is 99.5 Å². The van der Waals surface area contributed by atoms with Gasteiger partial charge in [-0.15, -0.1) is 0 Å². The average molecular weight is 899 g/mol. The van der Waals surface area contributed by atoms with Crippen LogP contribution in [-0.2, 0) is 53.5 Å². The lowest BCUT2D eigenvalue weighted by Gasteiger charge is -2.27. The molecule has 3 aliphatic heterocycles. The number of hydrogen-bond acceptors (Lipinski definition) is 18. The van der Waals surface area contributed by atoms with Gasteiger partial charge < -0.3 is 33.9 Å². The molecule has 5 N–H and O–H groups in total. The summed E-state index contributed by atoms with van der Waals surface area (Å²) in [5.74, 6) is -1.88. The molecule has 9 atom stereocenters. The number of hydrogen-bond donors (Lipinski definition) is 5. The standard InChI is InChI=1S/C31H33ClN10O12P2S2/c1-13(2)26(43)39-31-38-25-20(27(44)40-31)35-12-42(25)28-22-21(52-29(45)14-6-4-3-5-7-14)17(51-28)10-49-55(46,57)53-15-8-18(50-16(15)9-48-56(47,58)54-22)41-11-34-19-23(33)36-30(32)37-24(19)41/h3-7,11-13,15-18,21-22,28H,8-10H2,1-2H3,(H,46,57)(H,47,58)(H2,33,36,37)(H2,38,39,40,43,44)/t15?,16-,17-,18-,21?,22+,28-,55?,56?/m1/s1. The van der Waals surface area contributed by atoms with Crippen molar-refractivity contribution in [1.29, 1.82) is 0 Å². The van der Waals surface area contributed by atoms with Crippen molar-refractivity contribution < 1.29 is 51.4 Å². The number of ether oxygens (including phenoxy) is 3. The van der Waals surface area contributed by atoms with Gasteiger partial charge >= 0.3 is 19.5 Å². The van der Waals surface area contributed by atoms with Gasteiger partial charge in [-0.05, 0) is 35.5 Å². The van der Waals surface area contributed by atoms with Crippen LogP contribution in [0.4, 0.5) is 11.8 Å². The molecule has 1 amide bonds. The minimum atomic E-state index is -4.50. The quantitative estimate of drug-likeness (QED) is 0.0708. The van der Waals surface area contributed by atoms with Gasteiger partial charge in [0, 0.05) is 12.3 Å². The van der Waals surface area contributed by atoms with Gasteiger partial charge in [0.15, 0.2) is 41.1 Å². The molecular formula is C31H33ClN10O12P2S2. The fourth-order valence-electron chi connectivity index (χ4n) is 6.49. The Morgan fingerprint density at radius 1 is 1.03 bits per heavy atom. The monoisotopic (exact) mass is 898 g/mol. The first-order valence-electron chi connectivity index (χ1n) is 17.4. The first-order chi connectivity index (χ1) is 27.6. The molecule has 0 aliphatic carbocycles. The summed E-state index contributed by atoms with van der Waals surface area (Å²) in [4.78, 5) is 74.0. The van der Waals surface area contributed by atoms with Crippen LogP contribution in [0.2, 0.25) is 5.28 Å². The summed E-state index contributed by atoms with van der Waals surface area (Å²) in [6, 6.07) is 7.96. The predicted octanol–water partition coefficient (Wildman–Crippen LogP) is 3.27. The molecular weight excluding hydrogens is 866 g/mol. The Bertz CT molecular complexity index is 2560. The maximum absolute atomic E-state index is 14.2. The van der Waals surface area contributed by atoms with Crippen molar-refractivity contribution in [2.45, 2.75) is 63.2 Å². The summed E-state index contributed by atoms with van der Waals surface area (Å²) in [7, 11) is 0. The van der Waals surface area contributed by atoms with E-state index in [4.69, 9.17) is 61.4 Å². The molecule has 308 valence electrons. The molecule has 4 aromatic heterocycles. The number of aromatic nitrogens is 8. The number of esters is 1. The van der Waals surface area contributed by atoms with Crippen LogP contribution in [0.25, 0.3) is 22.3 Å². The number of carbonyl (C=O) groups is 2. The number of nitrogen functional groups attached to an aromatic ring is 1. The average Bonchev–Trinajstić information content (AvgIpc) is 3.95. The SMILES string of the molecule is CC(C)C(=O)Nc1nc2c(ncn2[C@@H]2O[C@@H]3COP(O)(=S)OC4C[C@H](n5cnc6c(N)nc(Cl)nc65)O[C@@H]4COP(=O)(S)O[C@H]2C3OC(=O)c2ccccc2)c(=O)[nH]1. The van der Waals surface area contributed by atoms with Crippen molar-refractivity contribution in [3.05, 3.63) is 64.2 Å². The van der Waals surface area contributed by atoms with E-state index in [-0.39, 0.29) is 51.4 Å². The lowest BCUT2D eigenvalue weighted by molar-refractivity contribution is -0.118. The van der Waals surface area contributed by atoms with Crippen LogP contribution in [0.1, 0.15) is 43.1 Å². The number of rotatable bonds is 6. The van der Waals surface area contributed by atoms with Gasteiger partial charge in [0.2, 0.25) is 17.1 Å². The largest absolute Gasteiger partial charge is 0.453 e. The van der Waals surface area contributed by atoms with Crippen molar-refractivity contribution in [2.75, 3.05) is 24.3 Å². The summed E-state index contributed by atoms with van der Waals surface area (Å²) in [5, 5.41) is 2.40. The fourth-order valence-corrected chi connectivity index (χ4v) is 9.59. The highest BCUT2D eigenvalue weighted by atomic mass is 35.5. The van der Waals surface area contributed by atoms with Gasteiger partial charge in [-0.2, -0.15) is 15.0 Å². The highest BCUT2D eigenvalue weighted by Crippen LogP contribution is 2.58. The fraction of sp³-hybridized carbons (Fsp3) is 0.419. The van der Waals surface area contributed by atoms with Crippen molar-refractivity contribution in [1.82, 2.24) is 39.0 Å². The van der Waals surface area contributed by atoms with Crippen molar-refractivity contribution in [2.24, 2.45) is 5.92 Å². The number of fused-ring (bicyclic) bond motifs is 5. The van der Waals surface area contributed by atoms with Crippen LogP contribution in [0, 0.1) is 5.92 Å². The Labute approximate surface area is 342 Å². The normalized spacial score (nSPS) is 30.4. The number of amides is 1. The van der Waals surface area contributed by atoms with E-state index in [1.807, 2.05) is 0 Å². The summed E-state index contributed by atoms with van der Waals surface area (Å²) in [6.07, 6.45) is -6.08. The summed E-state index contributed by atoms with van der Waals surface area (Å²) in [5.41, 5.74) is 5.66. The van der Waals surface area contributed by atoms with Gasteiger partial charge in [-0.25, -0.2) is 19.3 Å². The van der Waals surface area contributed by atoms with E-state index >= 15 is 0 Å². The number of H-pyrrole nitrogens is 1. The molecule has 22 nitrogen and oxygen atoms in total. The number of benzene rings is 1. The number of aromatic amines is 1. The molecule has 2 bridgehead atoms. The Balaban J connectivity index is 1.15. The lowest BCUT2D eigenvalue weighted by atomic mass is 10.1. The maximum Gasteiger partial charge on any atom is 0.386 e. The summed E-state index contributed by atoms with van der Waals surface area (Å²) < 4.78 is 59.2. The Morgan fingerprint density at radius 3 is 2.50 bits per heavy atom. The first kappa shape index (κ1) is 40.9. The number of halogens is 1. The highest BCUT2D eigenvalue weighted by Gasteiger charge is 2.53. The van der Waals surface area contributed by atoms with E-state index < -0.39 is 93.1 Å². The molecule has 0 spiro atoms. The molecule has 58 heavy (non-hydrogen) atoms. The zero-order chi connectivity index (χ0) is 41.1. The van der Waals surface area contributed by atoms with Gasteiger partial charge in [-0.3, -0.25) is 38.1 Å². The number of nitrogens with zero attached hydrogens (tertiary/aromatic N) is 7. The second kappa shape index (κ2) is 15.9. The molecule has 8 rings (SSSR count). The van der Waals surface area contributed by atoms with Gasteiger partial charge in [0.1, 0.15) is 24.0 Å². The lowest BCUT2D eigenvalue weighted by Crippen LogP contribution is -2.39. The van der Waals surface area contributed by atoms with Crippen LogP contribution in [0.3, 0.4) is 0 Å². The molecule has 1 aromatic carbocycles. The van der Waals surface area contributed by atoms with E-state index in [9.17, 15) is 23.8 Å². The van der Waals surface area contributed by atoms with Crippen LogP contribution in [0.5, 0.6) is 0 Å². The third kappa shape index (κ3) is 8.29. The molecule has 4 unspecified atom stereocenters. The number of nitrogens with one attached hydrogen (secondary N) is 2. The van der Waals surface area contributed by atoms with Crippen LogP contribution < -0.4 is 16.6 Å². The summed E-state index contributed by atoms with van der Waals surface area (Å²) in [6.45, 7) is -6.44. The van der Waals surface area contributed by atoms with Gasteiger partial charge in [0.05, 0.1) is 37.5 Å². The topological polar surface area (TPSA) is 281 Å². The highest BCUT2D eigenvalue weighted by molar-refractivity contribution is 8.44. The number of anilines is 2. The predicted molar refractivity (Wildman–Crippen MR) is 209 cm³/mol. The van der Waals surface area contributed by atoms with Crippen molar-refractivity contribution in [3.63, 3.8) is 0 Å². The zero-order valence-corrected chi connectivity index (χ0v) is 34.3. The van der Waals surface area contributed by atoms with Crippen LogP contribution >= 0.6 is 37.4 Å². The molecule has 0 saturated carbocycles. The Morgan fingerprint density at radius 2 is 1.74 bits per heavy atom. The van der Waals surface area contributed by atoms with E-state index in [0.29, 0.717) is 0 Å². The third-order valence-corrected chi connectivity index (χ3v) is 12.6. The van der Waals surface area contributed by atoms with E-state index in [0.717, 1.165) is 0 Å². The second-order valence-electron chi connectivity index (χ2n) is 13.5.